The van der Waals surface area contributed by atoms with Crippen molar-refractivity contribution in [2.24, 2.45) is 0 Å². The van der Waals surface area contributed by atoms with Crippen molar-refractivity contribution in [3.63, 3.8) is 0 Å². The van der Waals surface area contributed by atoms with Gasteiger partial charge in [-0.05, 0) is 18.6 Å². The maximum Gasteiger partial charge on any atom is 0.274 e. The van der Waals surface area contributed by atoms with Crippen LogP contribution < -0.4 is 5.32 Å². The average Bonchev–Trinajstić information content (AvgIpc) is 2.37. The molecule has 0 amide bonds. The lowest BCUT2D eigenvalue weighted by molar-refractivity contribution is -0.385. The molecule has 2 aromatic rings. The number of anilines is 1. The number of para-hydroxylation sites is 1. The number of benzene rings is 1. The molecule has 20 heavy (non-hydrogen) atoms. The van der Waals surface area contributed by atoms with E-state index in [-0.39, 0.29) is 17.4 Å². The molecule has 0 spiro atoms. The van der Waals surface area contributed by atoms with Gasteiger partial charge in [0.15, 0.2) is 5.15 Å². The maximum atomic E-state index is 10.9. The van der Waals surface area contributed by atoms with Crippen molar-refractivity contribution in [1.29, 1.82) is 0 Å². The molecule has 1 heterocycles. The van der Waals surface area contributed by atoms with E-state index in [1.165, 1.54) is 6.07 Å². The Morgan fingerprint density at radius 1 is 1.35 bits per heavy atom. The number of aryl methyl sites for hydroxylation is 1. The minimum absolute atomic E-state index is 0.0655. The van der Waals surface area contributed by atoms with Crippen LogP contribution in [0.3, 0.4) is 0 Å². The minimum atomic E-state index is -0.411. The SMILES string of the molecule is Cc1cc(Cl)nc(Cl)c1NCc1ccccc1[N+](=O)[O-]. The maximum absolute atomic E-state index is 10.9. The van der Waals surface area contributed by atoms with Crippen molar-refractivity contribution < 1.29 is 4.92 Å². The van der Waals surface area contributed by atoms with Crippen molar-refractivity contribution in [2.75, 3.05) is 5.32 Å². The number of nitro groups is 1. The second-order valence-corrected chi connectivity index (χ2v) is 4.91. The van der Waals surface area contributed by atoms with E-state index in [2.05, 4.69) is 10.3 Å². The Labute approximate surface area is 125 Å². The van der Waals surface area contributed by atoms with E-state index in [0.29, 0.717) is 16.4 Å². The number of hydrogen-bond donors (Lipinski definition) is 1. The first-order valence-corrected chi connectivity index (χ1v) is 6.53. The van der Waals surface area contributed by atoms with Gasteiger partial charge in [-0.25, -0.2) is 4.98 Å². The van der Waals surface area contributed by atoms with Gasteiger partial charge >= 0.3 is 0 Å². The zero-order valence-corrected chi connectivity index (χ0v) is 12.1. The molecule has 0 aliphatic carbocycles. The van der Waals surface area contributed by atoms with Gasteiger partial charge in [0.05, 0.1) is 10.6 Å². The molecule has 1 N–H and O–H groups in total. The smallest absolute Gasteiger partial charge is 0.274 e. The first-order valence-electron chi connectivity index (χ1n) is 5.78. The monoisotopic (exact) mass is 311 g/mol. The fourth-order valence-electron chi connectivity index (χ4n) is 1.83. The zero-order chi connectivity index (χ0) is 14.7. The Morgan fingerprint density at radius 2 is 2.05 bits per heavy atom. The standard InChI is InChI=1S/C13H11Cl2N3O2/c1-8-6-11(14)17-13(15)12(8)16-7-9-4-2-3-5-10(9)18(19)20/h2-6,16H,7H2,1H3. The first-order chi connectivity index (χ1) is 9.49. The molecule has 0 aliphatic heterocycles. The van der Waals surface area contributed by atoms with E-state index in [9.17, 15) is 10.1 Å². The molecule has 0 unspecified atom stereocenters. The first kappa shape index (κ1) is 14.6. The number of nitrogens with one attached hydrogen (secondary N) is 1. The van der Waals surface area contributed by atoms with Crippen LogP contribution in [0.4, 0.5) is 11.4 Å². The van der Waals surface area contributed by atoms with Gasteiger partial charge in [0.25, 0.3) is 5.69 Å². The lowest BCUT2D eigenvalue weighted by Gasteiger charge is -2.11. The van der Waals surface area contributed by atoms with E-state index in [1.54, 1.807) is 24.3 Å². The quantitative estimate of drug-likeness (QED) is 0.521. The zero-order valence-electron chi connectivity index (χ0n) is 10.6. The van der Waals surface area contributed by atoms with E-state index in [1.807, 2.05) is 6.92 Å². The molecule has 1 aromatic heterocycles. The van der Waals surface area contributed by atoms with Gasteiger partial charge in [0.2, 0.25) is 0 Å². The molecule has 5 nitrogen and oxygen atoms in total. The predicted octanol–water partition coefficient (Wildman–Crippen LogP) is 4.22. The number of aromatic nitrogens is 1. The van der Waals surface area contributed by atoms with E-state index >= 15 is 0 Å². The van der Waals surface area contributed by atoms with Crippen LogP contribution in [0.5, 0.6) is 0 Å². The summed E-state index contributed by atoms with van der Waals surface area (Å²) in [6, 6.07) is 8.21. The van der Waals surface area contributed by atoms with Crippen molar-refractivity contribution in [2.45, 2.75) is 13.5 Å². The van der Waals surface area contributed by atoms with E-state index < -0.39 is 4.92 Å². The Morgan fingerprint density at radius 3 is 2.70 bits per heavy atom. The Balaban J connectivity index is 2.24. The van der Waals surface area contributed by atoms with Crippen molar-refractivity contribution in [1.82, 2.24) is 4.98 Å². The second kappa shape index (κ2) is 6.07. The lowest BCUT2D eigenvalue weighted by atomic mass is 10.1. The molecule has 0 saturated carbocycles. The minimum Gasteiger partial charge on any atom is -0.378 e. The summed E-state index contributed by atoms with van der Waals surface area (Å²) in [5, 5.41) is 14.5. The van der Waals surface area contributed by atoms with Crippen molar-refractivity contribution >= 4 is 34.6 Å². The number of rotatable bonds is 4. The molecule has 0 aliphatic rings. The molecule has 1 aromatic carbocycles. The van der Waals surface area contributed by atoms with Crippen molar-refractivity contribution in [3.8, 4) is 0 Å². The number of nitro benzene ring substituents is 1. The highest BCUT2D eigenvalue weighted by molar-refractivity contribution is 6.34. The lowest BCUT2D eigenvalue weighted by Crippen LogP contribution is -2.05. The van der Waals surface area contributed by atoms with Gasteiger partial charge in [-0.2, -0.15) is 0 Å². The summed E-state index contributed by atoms with van der Waals surface area (Å²) in [6.07, 6.45) is 0. The summed E-state index contributed by atoms with van der Waals surface area (Å²) in [5.41, 5.74) is 2.08. The van der Waals surface area contributed by atoms with Crippen LogP contribution in [-0.4, -0.2) is 9.91 Å². The third kappa shape index (κ3) is 3.18. The third-order valence-corrected chi connectivity index (χ3v) is 3.25. The van der Waals surface area contributed by atoms with Crippen molar-refractivity contribution in [3.05, 3.63) is 61.9 Å². The van der Waals surface area contributed by atoms with Crippen LogP contribution in [0.15, 0.2) is 30.3 Å². The Kier molecular flexibility index (Phi) is 4.42. The number of halogens is 2. The Bertz CT molecular complexity index is 639. The normalized spacial score (nSPS) is 10.3. The molecule has 0 atom stereocenters. The van der Waals surface area contributed by atoms with E-state index in [0.717, 1.165) is 5.56 Å². The summed E-state index contributed by atoms with van der Waals surface area (Å²) in [4.78, 5) is 14.5. The van der Waals surface area contributed by atoms with Crippen LogP contribution in [0.25, 0.3) is 0 Å². The summed E-state index contributed by atoms with van der Waals surface area (Å²) >= 11 is 11.8. The highest BCUT2D eigenvalue weighted by Gasteiger charge is 2.13. The summed E-state index contributed by atoms with van der Waals surface area (Å²) in [6.45, 7) is 2.11. The van der Waals surface area contributed by atoms with E-state index in [4.69, 9.17) is 23.2 Å². The van der Waals surface area contributed by atoms with Gasteiger partial charge in [0, 0.05) is 18.2 Å². The summed E-state index contributed by atoms with van der Waals surface area (Å²) < 4.78 is 0. The average molecular weight is 312 g/mol. The molecule has 104 valence electrons. The molecular formula is C13H11Cl2N3O2. The molecule has 0 radical (unpaired) electrons. The fraction of sp³-hybridized carbons (Fsp3) is 0.154. The van der Waals surface area contributed by atoms with Crippen LogP contribution in [0, 0.1) is 17.0 Å². The van der Waals surface area contributed by atoms with Gasteiger partial charge in [-0.3, -0.25) is 10.1 Å². The molecular weight excluding hydrogens is 301 g/mol. The van der Waals surface area contributed by atoms with Gasteiger partial charge < -0.3 is 5.32 Å². The topological polar surface area (TPSA) is 68.1 Å². The fourth-order valence-corrected chi connectivity index (χ4v) is 2.43. The summed E-state index contributed by atoms with van der Waals surface area (Å²) in [5.74, 6) is 0. The van der Waals surface area contributed by atoms with Crippen LogP contribution in [0.2, 0.25) is 10.3 Å². The molecule has 7 heteroatoms. The Hall–Kier alpha value is -1.85. The van der Waals surface area contributed by atoms with Crippen LogP contribution in [-0.2, 0) is 6.54 Å². The van der Waals surface area contributed by atoms with Crippen LogP contribution >= 0.6 is 23.2 Å². The molecule has 2 rings (SSSR count). The number of pyridine rings is 1. The van der Waals surface area contributed by atoms with Gasteiger partial charge in [-0.15, -0.1) is 0 Å². The molecule has 0 saturated heterocycles. The van der Waals surface area contributed by atoms with Gasteiger partial charge in [0.1, 0.15) is 5.15 Å². The third-order valence-electron chi connectivity index (χ3n) is 2.79. The molecule has 0 fully saturated rings. The second-order valence-electron chi connectivity index (χ2n) is 4.17. The highest BCUT2D eigenvalue weighted by atomic mass is 35.5. The number of nitrogens with zero attached hydrogens (tertiary/aromatic N) is 2. The number of hydrogen-bond acceptors (Lipinski definition) is 4. The predicted molar refractivity (Wildman–Crippen MR) is 79.4 cm³/mol. The van der Waals surface area contributed by atoms with Gasteiger partial charge in [-0.1, -0.05) is 41.4 Å². The highest BCUT2D eigenvalue weighted by Crippen LogP contribution is 2.28. The summed E-state index contributed by atoms with van der Waals surface area (Å²) in [7, 11) is 0. The van der Waals surface area contributed by atoms with Crippen LogP contribution in [0.1, 0.15) is 11.1 Å². The molecule has 0 bridgehead atoms. The largest absolute Gasteiger partial charge is 0.378 e.